The second-order valence-electron chi connectivity index (χ2n) is 3.16. The number of halogens is 1. The van der Waals surface area contributed by atoms with Crippen LogP contribution in [0.15, 0.2) is 23.0 Å². The zero-order chi connectivity index (χ0) is 10.3. The Morgan fingerprint density at radius 3 is 2.86 bits per heavy atom. The molecule has 0 aliphatic heterocycles. The summed E-state index contributed by atoms with van der Waals surface area (Å²) in [4.78, 5) is 14.2. The van der Waals surface area contributed by atoms with Crippen LogP contribution in [0.3, 0.4) is 0 Å². The van der Waals surface area contributed by atoms with Crippen LogP contribution in [0, 0.1) is 6.92 Å². The monoisotopic (exact) mass is 208 g/mol. The molecule has 0 atom stereocenters. The molecule has 14 heavy (non-hydrogen) atoms. The van der Waals surface area contributed by atoms with Gasteiger partial charge in [0.2, 0.25) is 0 Å². The molecule has 2 rings (SSSR count). The quantitative estimate of drug-likeness (QED) is 0.697. The van der Waals surface area contributed by atoms with Gasteiger partial charge in [-0.25, -0.2) is 0 Å². The van der Waals surface area contributed by atoms with Crippen LogP contribution in [0.5, 0.6) is 0 Å². The molecule has 0 unspecified atom stereocenters. The van der Waals surface area contributed by atoms with E-state index in [4.69, 9.17) is 17.3 Å². The summed E-state index contributed by atoms with van der Waals surface area (Å²) in [5.41, 5.74) is 6.86. The summed E-state index contributed by atoms with van der Waals surface area (Å²) in [7, 11) is 0. The van der Waals surface area contributed by atoms with Crippen LogP contribution in [-0.4, -0.2) is 4.98 Å². The molecule has 0 bridgehead atoms. The van der Waals surface area contributed by atoms with E-state index in [0.717, 1.165) is 0 Å². The lowest BCUT2D eigenvalue weighted by molar-refractivity contribution is 1.17. The van der Waals surface area contributed by atoms with E-state index in [1.165, 1.54) is 0 Å². The standard InChI is InChI=1S/C10H9ClN2O/c1-5-9(12)8-6(10(14)13-5)3-2-4-7(8)11/h2-4H,12H2,1H3,(H,13,14). The third-order valence-electron chi connectivity index (χ3n) is 2.23. The van der Waals surface area contributed by atoms with Gasteiger partial charge in [-0.3, -0.25) is 4.79 Å². The minimum absolute atomic E-state index is 0.158. The van der Waals surface area contributed by atoms with E-state index >= 15 is 0 Å². The zero-order valence-electron chi connectivity index (χ0n) is 7.60. The number of rotatable bonds is 0. The van der Waals surface area contributed by atoms with Gasteiger partial charge in [-0.2, -0.15) is 0 Å². The summed E-state index contributed by atoms with van der Waals surface area (Å²) in [6.07, 6.45) is 0. The Balaban J connectivity index is 3.11. The first kappa shape index (κ1) is 9.09. The van der Waals surface area contributed by atoms with Crippen molar-refractivity contribution in [3.63, 3.8) is 0 Å². The lowest BCUT2D eigenvalue weighted by atomic mass is 10.1. The maximum absolute atomic E-state index is 11.5. The number of hydrogen-bond acceptors (Lipinski definition) is 2. The first-order valence-corrected chi connectivity index (χ1v) is 4.55. The molecule has 0 amide bonds. The van der Waals surface area contributed by atoms with Gasteiger partial charge in [0.15, 0.2) is 0 Å². The highest BCUT2D eigenvalue weighted by molar-refractivity contribution is 6.36. The third-order valence-corrected chi connectivity index (χ3v) is 2.55. The zero-order valence-corrected chi connectivity index (χ0v) is 8.35. The molecular formula is C10H9ClN2O. The van der Waals surface area contributed by atoms with Gasteiger partial charge in [0, 0.05) is 11.1 Å². The van der Waals surface area contributed by atoms with E-state index < -0.39 is 0 Å². The molecule has 0 aliphatic rings. The second kappa shape index (κ2) is 3.03. The fourth-order valence-electron chi connectivity index (χ4n) is 1.48. The van der Waals surface area contributed by atoms with Crippen molar-refractivity contribution in [1.82, 2.24) is 4.98 Å². The van der Waals surface area contributed by atoms with Gasteiger partial charge in [0.25, 0.3) is 5.56 Å². The average Bonchev–Trinajstić information content (AvgIpc) is 2.14. The number of nitrogens with one attached hydrogen (secondary N) is 1. The smallest absolute Gasteiger partial charge is 0.256 e. The topological polar surface area (TPSA) is 58.9 Å². The number of fused-ring (bicyclic) bond motifs is 1. The number of nitrogen functional groups attached to an aromatic ring is 1. The van der Waals surface area contributed by atoms with Crippen molar-refractivity contribution in [3.8, 4) is 0 Å². The molecule has 72 valence electrons. The van der Waals surface area contributed by atoms with Crippen molar-refractivity contribution in [2.24, 2.45) is 0 Å². The van der Waals surface area contributed by atoms with Gasteiger partial charge >= 0.3 is 0 Å². The van der Waals surface area contributed by atoms with E-state index in [2.05, 4.69) is 4.98 Å². The molecule has 0 saturated heterocycles. The van der Waals surface area contributed by atoms with Crippen LogP contribution < -0.4 is 11.3 Å². The average molecular weight is 209 g/mol. The van der Waals surface area contributed by atoms with Crippen molar-refractivity contribution in [3.05, 3.63) is 39.3 Å². The minimum Gasteiger partial charge on any atom is -0.397 e. The van der Waals surface area contributed by atoms with Gasteiger partial charge in [-0.1, -0.05) is 17.7 Å². The molecule has 0 radical (unpaired) electrons. The predicted molar refractivity (Wildman–Crippen MR) is 58.7 cm³/mol. The van der Waals surface area contributed by atoms with Crippen LogP contribution in [0.1, 0.15) is 5.69 Å². The first-order valence-electron chi connectivity index (χ1n) is 4.18. The molecular weight excluding hydrogens is 200 g/mol. The van der Waals surface area contributed by atoms with Gasteiger partial charge in [0.1, 0.15) is 0 Å². The van der Waals surface area contributed by atoms with E-state index in [0.29, 0.717) is 27.2 Å². The van der Waals surface area contributed by atoms with E-state index in [1.54, 1.807) is 25.1 Å². The summed E-state index contributed by atoms with van der Waals surface area (Å²) in [5.74, 6) is 0. The van der Waals surface area contributed by atoms with Crippen LogP contribution in [0.4, 0.5) is 5.69 Å². The Kier molecular flexibility index (Phi) is 1.97. The summed E-state index contributed by atoms with van der Waals surface area (Å²) < 4.78 is 0. The molecule has 3 N–H and O–H groups in total. The number of H-pyrrole nitrogens is 1. The number of aryl methyl sites for hydroxylation is 1. The van der Waals surface area contributed by atoms with Crippen LogP contribution >= 0.6 is 11.6 Å². The highest BCUT2D eigenvalue weighted by Gasteiger charge is 2.08. The molecule has 0 fully saturated rings. The number of aromatic amines is 1. The van der Waals surface area contributed by atoms with Crippen LogP contribution in [-0.2, 0) is 0 Å². The number of aromatic nitrogens is 1. The maximum Gasteiger partial charge on any atom is 0.256 e. The first-order chi connectivity index (χ1) is 6.61. The molecule has 0 saturated carbocycles. The lowest BCUT2D eigenvalue weighted by Gasteiger charge is -2.06. The number of hydrogen-bond donors (Lipinski definition) is 2. The summed E-state index contributed by atoms with van der Waals surface area (Å²) >= 11 is 5.97. The summed E-state index contributed by atoms with van der Waals surface area (Å²) in [6.45, 7) is 1.75. The van der Waals surface area contributed by atoms with Crippen molar-refractivity contribution in [2.45, 2.75) is 6.92 Å². The maximum atomic E-state index is 11.5. The Labute approximate surface area is 85.5 Å². The number of pyridine rings is 1. The molecule has 4 heteroatoms. The van der Waals surface area contributed by atoms with Gasteiger partial charge in [-0.05, 0) is 19.1 Å². The fraction of sp³-hybridized carbons (Fsp3) is 0.100. The van der Waals surface area contributed by atoms with Crippen molar-refractivity contribution in [2.75, 3.05) is 5.73 Å². The van der Waals surface area contributed by atoms with Crippen LogP contribution in [0.25, 0.3) is 10.8 Å². The van der Waals surface area contributed by atoms with E-state index in [9.17, 15) is 4.79 Å². The van der Waals surface area contributed by atoms with Gasteiger partial charge in [-0.15, -0.1) is 0 Å². The van der Waals surface area contributed by atoms with E-state index in [1.807, 2.05) is 0 Å². The molecule has 1 aromatic carbocycles. The molecule has 2 aromatic rings. The Morgan fingerprint density at radius 1 is 1.43 bits per heavy atom. The Morgan fingerprint density at radius 2 is 2.14 bits per heavy atom. The SMILES string of the molecule is Cc1[nH]c(=O)c2cccc(Cl)c2c1N. The molecule has 1 heterocycles. The second-order valence-corrected chi connectivity index (χ2v) is 3.56. The van der Waals surface area contributed by atoms with E-state index in [-0.39, 0.29) is 5.56 Å². The third kappa shape index (κ3) is 1.17. The molecule has 1 aromatic heterocycles. The Hall–Kier alpha value is -1.48. The lowest BCUT2D eigenvalue weighted by Crippen LogP contribution is -2.10. The molecule has 0 aliphatic carbocycles. The van der Waals surface area contributed by atoms with Crippen molar-refractivity contribution < 1.29 is 0 Å². The Bertz CT molecular complexity index is 560. The number of nitrogens with two attached hydrogens (primary N) is 1. The van der Waals surface area contributed by atoms with Gasteiger partial charge < -0.3 is 10.7 Å². The van der Waals surface area contributed by atoms with Crippen LogP contribution in [0.2, 0.25) is 5.02 Å². The minimum atomic E-state index is -0.158. The van der Waals surface area contributed by atoms with Gasteiger partial charge in [0.05, 0.1) is 16.1 Å². The van der Waals surface area contributed by atoms with Crippen molar-refractivity contribution >= 4 is 28.1 Å². The predicted octanol–water partition coefficient (Wildman–Crippen LogP) is 2.07. The summed E-state index contributed by atoms with van der Waals surface area (Å²) in [6, 6.07) is 5.16. The summed E-state index contributed by atoms with van der Waals surface area (Å²) in [5, 5.41) is 1.67. The fourth-order valence-corrected chi connectivity index (χ4v) is 1.76. The largest absolute Gasteiger partial charge is 0.397 e. The number of anilines is 1. The molecule has 3 nitrogen and oxygen atoms in total. The normalized spacial score (nSPS) is 10.7. The molecule has 0 spiro atoms. The van der Waals surface area contributed by atoms with Crippen molar-refractivity contribution in [1.29, 1.82) is 0 Å². The number of benzene rings is 1. The highest BCUT2D eigenvalue weighted by Crippen LogP contribution is 2.27. The highest BCUT2D eigenvalue weighted by atomic mass is 35.5.